The fourth-order valence-electron chi connectivity index (χ4n) is 0.333. The molecule has 4 heteroatoms. The first-order valence-corrected chi connectivity index (χ1v) is 3.05. The van der Waals surface area contributed by atoms with Gasteiger partial charge in [0.05, 0.1) is 5.88 Å². The second-order valence-corrected chi connectivity index (χ2v) is 1.88. The Hall–Kier alpha value is -0.180. The molecule has 0 saturated carbocycles. The summed E-state index contributed by atoms with van der Waals surface area (Å²) in [7, 11) is 0. The van der Waals surface area contributed by atoms with Crippen LogP contribution >= 0.6 is 11.6 Å². The number of hydrogen-bond acceptors (Lipinski definition) is 1. The second-order valence-electron chi connectivity index (χ2n) is 1.61. The van der Waals surface area contributed by atoms with Crippen LogP contribution in [0.25, 0.3) is 0 Å². The van der Waals surface area contributed by atoms with Gasteiger partial charge in [0.25, 0.3) is 0 Å². The molecular weight excluding hydrogens is 150 g/mol. The number of ketones is 1. The highest BCUT2D eigenvalue weighted by Crippen LogP contribution is 2.17. The fourth-order valence-corrected chi connectivity index (χ4v) is 0.482. The Morgan fingerprint density at radius 3 is 2.22 bits per heavy atom. The average Bonchev–Trinajstić information content (AvgIpc) is 1.86. The molecule has 9 heavy (non-hydrogen) atoms. The minimum Gasteiger partial charge on any atom is -0.293 e. The topological polar surface area (TPSA) is 17.1 Å². The molecule has 0 bridgehead atoms. The summed E-state index contributed by atoms with van der Waals surface area (Å²) in [5, 5.41) is 0. The molecule has 0 aromatic rings. The number of hydrogen-bond donors (Lipinski definition) is 0. The Bertz CT molecular complexity index is 114. The van der Waals surface area contributed by atoms with Crippen molar-refractivity contribution in [1.29, 1.82) is 0 Å². The van der Waals surface area contributed by atoms with Crippen molar-refractivity contribution in [2.24, 2.45) is 0 Å². The average molecular weight is 157 g/mol. The standard InChI is InChI=1S/C5H7ClF2O/c1-2-4(9)5(7,8)3-6/h2-3H2,1H3. The molecule has 0 saturated heterocycles. The summed E-state index contributed by atoms with van der Waals surface area (Å²) in [6.45, 7) is 1.38. The number of alkyl halides is 3. The van der Waals surface area contributed by atoms with Crippen LogP contribution in [-0.4, -0.2) is 17.6 Å². The molecule has 0 radical (unpaired) electrons. The molecule has 0 N–H and O–H groups in total. The van der Waals surface area contributed by atoms with Crippen LogP contribution in [0, 0.1) is 0 Å². The van der Waals surface area contributed by atoms with Gasteiger partial charge in [-0.25, -0.2) is 0 Å². The van der Waals surface area contributed by atoms with Gasteiger partial charge in [-0.1, -0.05) is 6.92 Å². The van der Waals surface area contributed by atoms with E-state index in [2.05, 4.69) is 0 Å². The maximum Gasteiger partial charge on any atom is 0.318 e. The molecular formula is C5H7ClF2O. The van der Waals surface area contributed by atoms with Crippen LogP contribution in [0.3, 0.4) is 0 Å². The van der Waals surface area contributed by atoms with E-state index in [9.17, 15) is 13.6 Å². The van der Waals surface area contributed by atoms with E-state index < -0.39 is 17.6 Å². The lowest BCUT2D eigenvalue weighted by molar-refractivity contribution is -0.139. The van der Waals surface area contributed by atoms with Crippen LogP contribution in [0.5, 0.6) is 0 Å². The molecule has 1 nitrogen and oxygen atoms in total. The van der Waals surface area contributed by atoms with Crippen molar-refractivity contribution in [3.05, 3.63) is 0 Å². The minimum absolute atomic E-state index is 0.167. The zero-order chi connectivity index (χ0) is 7.49. The normalized spacial score (nSPS) is 11.6. The second kappa shape index (κ2) is 3.11. The monoisotopic (exact) mass is 156 g/mol. The van der Waals surface area contributed by atoms with E-state index in [1.807, 2.05) is 0 Å². The van der Waals surface area contributed by atoms with Gasteiger partial charge >= 0.3 is 5.92 Å². The first kappa shape index (κ1) is 8.82. The first-order valence-electron chi connectivity index (χ1n) is 2.51. The first-order chi connectivity index (χ1) is 4.04. The summed E-state index contributed by atoms with van der Waals surface area (Å²) in [4.78, 5) is 10.2. The summed E-state index contributed by atoms with van der Waals surface area (Å²) < 4.78 is 24.1. The van der Waals surface area contributed by atoms with E-state index in [1.54, 1.807) is 0 Å². The summed E-state index contributed by atoms with van der Waals surface area (Å²) in [5.74, 6) is -5.34. The summed E-state index contributed by atoms with van der Waals surface area (Å²) in [6, 6.07) is 0. The molecule has 0 rings (SSSR count). The van der Waals surface area contributed by atoms with Gasteiger partial charge in [0.2, 0.25) is 5.78 Å². The van der Waals surface area contributed by atoms with Crippen molar-refractivity contribution in [3.63, 3.8) is 0 Å². The third-order valence-corrected chi connectivity index (χ3v) is 1.23. The van der Waals surface area contributed by atoms with Crippen LogP contribution in [-0.2, 0) is 4.79 Å². The van der Waals surface area contributed by atoms with E-state index in [4.69, 9.17) is 11.6 Å². The van der Waals surface area contributed by atoms with E-state index in [0.717, 1.165) is 0 Å². The van der Waals surface area contributed by atoms with Crippen molar-refractivity contribution in [3.8, 4) is 0 Å². The molecule has 0 heterocycles. The highest BCUT2D eigenvalue weighted by Gasteiger charge is 2.35. The van der Waals surface area contributed by atoms with Gasteiger partial charge in [0.1, 0.15) is 0 Å². The van der Waals surface area contributed by atoms with Gasteiger partial charge in [0, 0.05) is 6.42 Å². The van der Waals surface area contributed by atoms with Crippen molar-refractivity contribution in [2.75, 3.05) is 5.88 Å². The number of carbonyl (C=O) groups excluding carboxylic acids is 1. The van der Waals surface area contributed by atoms with E-state index in [0.29, 0.717) is 0 Å². The summed E-state index contributed by atoms with van der Waals surface area (Å²) in [5.41, 5.74) is 0. The number of Topliss-reactive ketones (excluding diaryl/α,β-unsaturated/α-hetero) is 1. The lowest BCUT2D eigenvalue weighted by Crippen LogP contribution is -2.29. The van der Waals surface area contributed by atoms with Crippen molar-refractivity contribution in [1.82, 2.24) is 0 Å². The van der Waals surface area contributed by atoms with E-state index in [-0.39, 0.29) is 6.42 Å². The zero-order valence-electron chi connectivity index (χ0n) is 4.96. The maximum absolute atomic E-state index is 12.1. The summed E-state index contributed by atoms with van der Waals surface area (Å²) >= 11 is 4.80. The molecule has 0 fully saturated rings. The van der Waals surface area contributed by atoms with Gasteiger partial charge in [-0.2, -0.15) is 8.78 Å². The molecule has 0 aliphatic rings. The van der Waals surface area contributed by atoms with Crippen molar-refractivity contribution < 1.29 is 13.6 Å². The Morgan fingerprint density at radius 1 is 1.67 bits per heavy atom. The molecule has 54 valence electrons. The maximum atomic E-state index is 12.1. The number of carbonyl (C=O) groups is 1. The lowest BCUT2D eigenvalue weighted by Gasteiger charge is -2.08. The predicted molar refractivity (Wildman–Crippen MR) is 31.0 cm³/mol. The van der Waals surface area contributed by atoms with Crippen molar-refractivity contribution in [2.45, 2.75) is 19.3 Å². The van der Waals surface area contributed by atoms with E-state index >= 15 is 0 Å². The van der Waals surface area contributed by atoms with Crippen molar-refractivity contribution >= 4 is 17.4 Å². The van der Waals surface area contributed by atoms with Crippen LogP contribution in [0.2, 0.25) is 0 Å². The Kier molecular flexibility index (Phi) is 3.04. The van der Waals surface area contributed by atoms with Gasteiger partial charge in [-0.05, 0) is 0 Å². The highest BCUT2D eigenvalue weighted by molar-refractivity contribution is 6.20. The molecule has 0 amide bonds. The quantitative estimate of drug-likeness (QED) is 0.570. The molecule has 0 aliphatic carbocycles. The minimum atomic E-state index is -3.32. The van der Waals surface area contributed by atoms with Gasteiger partial charge in [-0.15, -0.1) is 11.6 Å². The predicted octanol–water partition coefficient (Wildman–Crippen LogP) is 1.84. The van der Waals surface area contributed by atoms with Crippen LogP contribution in [0.4, 0.5) is 8.78 Å². The van der Waals surface area contributed by atoms with Gasteiger partial charge in [0.15, 0.2) is 0 Å². The molecule has 0 aromatic carbocycles. The molecule has 0 unspecified atom stereocenters. The largest absolute Gasteiger partial charge is 0.318 e. The Balaban J connectivity index is 3.97. The number of halogens is 3. The Morgan fingerprint density at radius 2 is 2.11 bits per heavy atom. The van der Waals surface area contributed by atoms with Gasteiger partial charge < -0.3 is 0 Å². The zero-order valence-corrected chi connectivity index (χ0v) is 5.71. The molecule has 0 aromatic heterocycles. The SMILES string of the molecule is CCC(=O)C(F)(F)CCl. The third-order valence-electron chi connectivity index (χ3n) is 0.897. The van der Waals surface area contributed by atoms with Gasteiger partial charge in [-0.3, -0.25) is 4.79 Å². The van der Waals surface area contributed by atoms with Crippen LogP contribution in [0.1, 0.15) is 13.3 Å². The molecule has 0 atom stereocenters. The van der Waals surface area contributed by atoms with E-state index in [1.165, 1.54) is 6.92 Å². The smallest absolute Gasteiger partial charge is 0.293 e. The van der Waals surface area contributed by atoms with Crippen LogP contribution < -0.4 is 0 Å². The molecule has 0 spiro atoms. The molecule has 0 aliphatic heterocycles. The fraction of sp³-hybridized carbons (Fsp3) is 0.800. The van der Waals surface area contributed by atoms with Crippen LogP contribution in [0.15, 0.2) is 0 Å². The third kappa shape index (κ3) is 2.26. The summed E-state index contributed by atoms with van der Waals surface area (Å²) in [6.07, 6.45) is -0.167. The number of rotatable bonds is 3. The highest BCUT2D eigenvalue weighted by atomic mass is 35.5. The lowest BCUT2D eigenvalue weighted by atomic mass is 10.2. The Labute approximate surface area is 57.0 Å².